The molecule has 1 saturated heterocycles. The Labute approximate surface area is 144 Å². The molecule has 1 aromatic carbocycles. The van der Waals surface area contributed by atoms with Crippen molar-refractivity contribution in [1.29, 1.82) is 0 Å². The molecule has 1 fully saturated rings. The SMILES string of the molecule is OCC1COCCN1c1nn(-c2ccc(Cl)cc2)c2cnccc12. The number of ether oxygens (including phenoxy) is 1. The molecule has 0 aliphatic carbocycles. The molecule has 3 aromatic rings. The molecule has 1 atom stereocenters. The molecule has 24 heavy (non-hydrogen) atoms. The van der Waals surface area contributed by atoms with Crippen LogP contribution in [0.1, 0.15) is 0 Å². The van der Waals surface area contributed by atoms with E-state index in [-0.39, 0.29) is 12.6 Å². The molecule has 0 amide bonds. The van der Waals surface area contributed by atoms with Crippen LogP contribution in [0, 0.1) is 0 Å². The fraction of sp³-hybridized carbons (Fsp3) is 0.294. The third kappa shape index (κ3) is 2.62. The predicted octanol–water partition coefficient (Wildman–Crippen LogP) is 2.27. The molecule has 0 bridgehead atoms. The molecule has 0 saturated carbocycles. The van der Waals surface area contributed by atoms with E-state index in [2.05, 4.69) is 9.88 Å². The minimum Gasteiger partial charge on any atom is -0.394 e. The van der Waals surface area contributed by atoms with E-state index in [0.717, 1.165) is 22.4 Å². The van der Waals surface area contributed by atoms with Crippen LogP contribution in [0.15, 0.2) is 42.7 Å². The van der Waals surface area contributed by atoms with Crippen molar-refractivity contribution in [1.82, 2.24) is 14.8 Å². The van der Waals surface area contributed by atoms with Gasteiger partial charge in [-0.25, -0.2) is 4.68 Å². The molecular weight excluding hydrogens is 328 g/mol. The average molecular weight is 345 g/mol. The highest BCUT2D eigenvalue weighted by Gasteiger charge is 2.27. The van der Waals surface area contributed by atoms with E-state index < -0.39 is 0 Å². The molecule has 7 heteroatoms. The van der Waals surface area contributed by atoms with Crippen LogP contribution in [-0.2, 0) is 4.74 Å². The smallest absolute Gasteiger partial charge is 0.159 e. The Hall–Kier alpha value is -2.15. The van der Waals surface area contributed by atoms with Crippen LogP contribution in [0.4, 0.5) is 5.82 Å². The molecule has 0 spiro atoms. The van der Waals surface area contributed by atoms with Gasteiger partial charge in [-0.05, 0) is 30.3 Å². The summed E-state index contributed by atoms with van der Waals surface area (Å²) in [6.45, 7) is 1.84. The van der Waals surface area contributed by atoms with E-state index in [0.29, 0.717) is 24.8 Å². The van der Waals surface area contributed by atoms with Crippen LogP contribution >= 0.6 is 11.6 Å². The molecule has 4 rings (SSSR count). The van der Waals surface area contributed by atoms with Crippen molar-refractivity contribution >= 4 is 28.3 Å². The van der Waals surface area contributed by atoms with Crippen molar-refractivity contribution in [2.45, 2.75) is 6.04 Å². The van der Waals surface area contributed by atoms with Gasteiger partial charge in [-0.15, -0.1) is 5.10 Å². The quantitative estimate of drug-likeness (QED) is 0.789. The number of fused-ring (bicyclic) bond motifs is 1. The van der Waals surface area contributed by atoms with Gasteiger partial charge in [-0.1, -0.05) is 11.6 Å². The normalized spacial score (nSPS) is 18.2. The van der Waals surface area contributed by atoms with Gasteiger partial charge in [0.15, 0.2) is 5.82 Å². The first-order valence-electron chi connectivity index (χ1n) is 7.82. The van der Waals surface area contributed by atoms with Gasteiger partial charge >= 0.3 is 0 Å². The number of hydrogen-bond donors (Lipinski definition) is 1. The Balaban J connectivity index is 1.86. The number of rotatable bonds is 3. The summed E-state index contributed by atoms with van der Waals surface area (Å²) in [4.78, 5) is 6.34. The maximum absolute atomic E-state index is 9.67. The van der Waals surface area contributed by atoms with E-state index >= 15 is 0 Å². The number of anilines is 1. The van der Waals surface area contributed by atoms with Crippen molar-refractivity contribution in [3.8, 4) is 5.69 Å². The van der Waals surface area contributed by atoms with Gasteiger partial charge in [0.1, 0.15) is 0 Å². The zero-order valence-electron chi connectivity index (χ0n) is 13.0. The van der Waals surface area contributed by atoms with Gasteiger partial charge in [0.2, 0.25) is 0 Å². The Morgan fingerprint density at radius 3 is 2.88 bits per heavy atom. The molecular formula is C17H17ClN4O2. The Morgan fingerprint density at radius 1 is 1.25 bits per heavy atom. The van der Waals surface area contributed by atoms with Gasteiger partial charge in [0.05, 0.1) is 43.3 Å². The highest BCUT2D eigenvalue weighted by Crippen LogP contribution is 2.30. The van der Waals surface area contributed by atoms with Crippen molar-refractivity contribution in [3.63, 3.8) is 0 Å². The molecule has 0 radical (unpaired) electrons. The summed E-state index contributed by atoms with van der Waals surface area (Å²) in [5.41, 5.74) is 1.83. The van der Waals surface area contributed by atoms with E-state index in [1.54, 1.807) is 12.4 Å². The fourth-order valence-corrected chi connectivity index (χ4v) is 3.15. The summed E-state index contributed by atoms with van der Waals surface area (Å²) >= 11 is 5.99. The second kappa shape index (κ2) is 6.39. The largest absolute Gasteiger partial charge is 0.394 e. The minimum absolute atomic E-state index is 0.0282. The summed E-state index contributed by atoms with van der Waals surface area (Å²) in [6, 6.07) is 9.39. The van der Waals surface area contributed by atoms with Gasteiger partial charge in [-0.3, -0.25) is 4.98 Å². The Morgan fingerprint density at radius 2 is 2.08 bits per heavy atom. The van der Waals surface area contributed by atoms with Gasteiger partial charge in [0, 0.05) is 23.2 Å². The maximum Gasteiger partial charge on any atom is 0.159 e. The number of hydrogen-bond acceptors (Lipinski definition) is 5. The van der Waals surface area contributed by atoms with Crippen molar-refractivity contribution in [2.75, 3.05) is 31.3 Å². The van der Waals surface area contributed by atoms with Crippen molar-refractivity contribution in [3.05, 3.63) is 47.7 Å². The second-order valence-corrected chi connectivity index (χ2v) is 6.15. The fourth-order valence-electron chi connectivity index (χ4n) is 3.02. The number of morpholine rings is 1. The predicted molar refractivity (Wildman–Crippen MR) is 92.9 cm³/mol. The highest BCUT2D eigenvalue weighted by atomic mass is 35.5. The molecule has 1 N–H and O–H groups in total. The molecule has 1 aliphatic heterocycles. The van der Waals surface area contributed by atoms with Gasteiger partial charge in [0.25, 0.3) is 0 Å². The molecule has 2 aromatic heterocycles. The van der Waals surface area contributed by atoms with Crippen LogP contribution < -0.4 is 4.90 Å². The van der Waals surface area contributed by atoms with Crippen LogP contribution in [0.25, 0.3) is 16.6 Å². The van der Waals surface area contributed by atoms with Crippen LogP contribution in [0.3, 0.4) is 0 Å². The lowest BCUT2D eigenvalue weighted by molar-refractivity contribution is 0.0724. The first kappa shape index (κ1) is 15.4. The van der Waals surface area contributed by atoms with E-state index in [1.807, 2.05) is 35.0 Å². The lowest BCUT2D eigenvalue weighted by Crippen LogP contribution is -2.48. The monoisotopic (exact) mass is 344 g/mol. The van der Waals surface area contributed by atoms with E-state index in [4.69, 9.17) is 21.4 Å². The van der Waals surface area contributed by atoms with E-state index in [9.17, 15) is 5.11 Å². The number of halogens is 1. The third-order valence-corrected chi connectivity index (χ3v) is 4.50. The molecule has 1 aliphatic rings. The molecule has 124 valence electrons. The number of aliphatic hydroxyl groups is 1. The zero-order valence-corrected chi connectivity index (χ0v) is 13.7. The van der Waals surface area contributed by atoms with Crippen molar-refractivity contribution in [2.24, 2.45) is 0 Å². The maximum atomic E-state index is 9.67. The summed E-state index contributed by atoms with van der Waals surface area (Å²) in [5.74, 6) is 0.838. The number of aromatic nitrogens is 3. The number of nitrogens with zero attached hydrogens (tertiary/aromatic N) is 4. The topological polar surface area (TPSA) is 63.4 Å². The summed E-state index contributed by atoms with van der Waals surface area (Å²) in [6.07, 6.45) is 3.56. The highest BCUT2D eigenvalue weighted by molar-refractivity contribution is 6.30. The summed E-state index contributed by atoms with van der Waals surface area (Å²) in [5, 5.41) is 16.2. The zero-order chi connectivity index (χ0) is 16.5. The Kier molecular flexibility index (Phi) is 4.10. The van der Waals surface area contributed by atoms with Crippen LogP contribution in [0.2, 0.25) is 5.02 Å². The standard InChI is InChI=1S/C17H17ClN4O2/c18-12-1-3-13(4-2-12)22-16-9-19-6-5-15(16)17(20-22)21-7-8-24-11-14(21)10-23/h1-6,9,14,23H,7-8,10-11H2. The number of pyridine rings is 1. The molecule has 1 unspecified atom stereocenters. The lowest BCUT2D eigenvalue weighted by Gasteiger charge is -2.34. The van der Waals surface area contributed by atoms with Crippen LogP contribution in [-0.4, -0.2) is 52.3 Å². The lowest BCUT2D eigenvalue weighted by atomic mass is 10.2. The van der Waals surface area contributed by atoms with E-state index in [1.165, 1.54) is 0 Å². The van der Waals surface area contributed by atoms with Crippen LogP contribution in [0.5, 0.6) is 0 Å². The molecule has 6 nitrogen and oxygen atoms in total. The summed E-state index contributed by atoms with van der Waals surface area (Å²) < 4.78 is 7.34. The first-order valence-corrected chi connectivity index (χ1v) is 8.19. The van der Waals surface area contributed by atoms with Gasteiger partial charge in [-0.2, -0.15) is 0 Å². The number of benzene rings is 1. The second-order valence-electron chi connectivity index (χ2n) is 5.71. The van der Waals surface area contributed by atoms with Gasteiger partial charge < -0.3 is 14.7 Å². The number of aliphatic hydroxyl groups excluding tert-OH is 1. The molecule has 3 heterocycles. The minimum atomic E-state index is -0.0938. The third-order valence-electron chi connectivity index (χ3n) is 4.25. The Bertz CT molecular complexity index is 849. The summed E-state index contributed by atoms with van der Waals surface area (Å²) in [7, 11) is 0. The first-order chi connectivity index (χ1) is 11.8. The average Bonchev–Trinajstić information content (AvgIpc) is 3.02. The van der Waals surface area contributed by atoms with Crippen molar-refractivity contribution < 1.29 is 9.84 Å².